The van der Waals surface area contributed by atoms with Gasteiger partial charge in [-0.2, -0.15) is 10.2 Å². The lowest BCUT2D eigenvalue weighted by atomic mass is 10.1. The van der Waals surface area contributed by atoms with Crippen LogP contribution in [0, 0.1) is 5.92 Å². The van der Waals surface area contributed by atoms with E-state index in [2.05, 4.69) is 20.5 Å². The number of azo groups is 1. The number of aliphatic imine (C=N–C) groups is 1. The molecule has 3 aromatic carbocycles. The van der Waals surface area contributed by atoms with E-state index in [4.69, 9.17) is 4.74 Å². The van der Waals surface area contributed by atoms with Crippen molar-refractivity contribution in [2.75, 3.05) is 12.0 Å². The first-order valence-corrected chi connectivity index (χ1v) is 9.99. The van der Waals surface area contributed by atoms with Crippen LogP contribution in [-0.4, -0.2) is 31.2 Å². The van der Waals surface area contributed by atoms with Crippen LogP contribution in [0.4, 0.5) is 27.5 Å². The van der Waals surface area contributed by atoms with Crippen molar-refractivity contribution in [2.24, 2.45) is 21.1 Å². The van der Waals surface area contributed by atoms with Crippen molar-refractivity contribution in [1.29, 1.82) is 0 Å². The molecule has 0 spiro atoms. The highest BCUT2D eigenvalue weighted by Gasteiger charge is 2.40. The molecule has 0 unspecified atom stereocenters. The number of benzene rings is 3. The molecule has 0 radical (unpaired) electrons. The average Bonchev–Trinajstić information content (AvgIpc) is 2.84. The average molecular weight is 441 g/mol. The van der Waals surface area contributed by atoms with Crippen LogP contribution >= 0.6 is 0 Å². The molecule has 0 saturated carbocycles. The third kappa shape index (κ3) is 4.99. The first-order chi connectivity index (χ1) is 16.0. The van der Waals surface area contributed by atoms with E-state index < -0.39 is 23.8 Å². The zero-order chi connectivity index (χ0) is 23.2. The standard InChI is InChI=1S/C24H19N5O4/c1-33-20-9-5-8-19(14-20)29-23(31)21(22(30)26-24(29)32)15-25-16-10-12-18(13-11-16)28-27-17-6-3-2-4-7-17/h2-15,21H,1H3,(H,26,30,32)/t21-/m1/s1. The van der Waals surface area contributed by atoms with Gasteiger partial charge in [-0.05, 0) is 48.5 Å². The normalized spacial score (nSPS) is 16.5. The fraction of sp³-hybridized carbons (Fsp3) is 0.0833. The van der Waals surface area contributed by atoms with Gasteiger partial charge in [-0.3, -0.25) is 19.9 Å². The number of ether oxygens (including phenoxy) is 1. The van der Waals surface area contributed by atoms with E-state index in [1.54, 1.807) is 42.5 Å². The predicted molar refractivity (Wildman–Crippen MR) is 123 cm³/mol. The molecule has 0 aromatic heterocycles. The number of nitrogens with one attached hydrogen (secondary N) is 1. The van der Waals surface area contributed by atoms with Gasteiger partial charge in [0.25, 0.3) is 5.91 Å². The number of barbiturate groups is 1. The van der Waals surface area contributed by atoms with E-state index in [1.807, 2.05) is 30.3 Å². The summed E-state index contributed by atoms with van der Waals surface area (Å²) in [6.45, 7) is 0. The van der Waals surface area contributed by atoms with Crippen LogP contribution < -0.4 is 15.0 Å². The second-order valence-electron chi connectivity index (χ2n) is 6.98. The summed E-state index contributed by atoms with van der Waals surface area (Å²) in [7, 11) is 1.48. The van der Waals surface area contributed by atoms with Gasteiger partial charge >= 0.3 is 6.03 Å². The molecule has 4 amide bonds. The molecule has 1 fully saturated rings. The number of carbonyl (C=O) groups is 3. The van der Waals surface area contributed by atoms with Crippen molar-refractivity contribution >= 4 is 46.8 Å². The van der Waals surface area contributed by atoms with Gasteiger partial charge in [0, 0.05) is 12.3 Å². The number of nitrogens with zero attached hydrogens (tertiary/aromatic N) is 4. The molecular weight excluding hydrogens is 422 g/mol. The topological polar surface area (TPSA) is 113 Å². The number of hydrogen-bond acceptors (Lipinski definition) is 7. The highest BCUT2D eigenvalue weighted by molar-refractivity contribution is 6.32. The summed E-state index contributed by atoms with van der Waals surface area (Å²) in [5.74, 6) is -2.22. The number of anilines is 1. The quantitative estimate of drug-likeness (QED) is 0.339. The molecule has 0 aliphatic carbocycles. The van der Waals surface area contributed by atoms with E-state index in [-0.39, 0.29) is 5.69 Å². The second-order valence-corrected chi connectivity index (χ2v) is 6.98. The molecule has 1 N–H and O–H groups in total. The van der Waals surface area contributed by atoms with Gasteiger partial charge in [-0.15, -0.1) is 0 Å². The summed E-state index contributed by atoms with van der Waals surface area (Å²) < 4.78 is 5.14. The maximum Gasteiger partial charge on any atom is 0.335 e. The van der Waals surface area contributed by atoms with Crippen LogP contribution in [0.25, 0.3) is 0 Å². The molecule has 0 bridgehead atoms. The number of hydrogen-bond donors (Lipinski definition) is 1. The third-order valence-corrected chi connectivity index (χ3v) is 4.77. The highest BCUT2D eigenvalue weighted by Crippen LogP contribution is 2.25. The number of methoxy groups -OCH3 is 1. The number of amides is 4. The van der Waals surface area contributed by atoms with Crippen molar-refractivity contribution in [1.82, 2.24) is 5.32 Å². The van der Waals surface area contributed by atoms with Crippen LogP contribution in [0.2, 0.25) is 0 Å². The highest BCUT2D eigenvalue weighted by atomic mass is 16.5. The summed E-state index contributed by atoms with van der Waals surface area (Å²) in [6.07, 6.45) is 1.22. The van der Waals surface area contributed by atoms with E-state index >= 15 is 0 Å². The second kappa shape index (κ2) is 9.65. The fourth-order valence-corrected chi connectivity index (χ4v) is 3.09. The number of imide groups is 2. The van der Waals surface area contributed by atoms with Crippen LogP contribution in [-0.2, 0) is 9.59 Å². The largest absolute Gasteiger partial charge is 0.497 e. The number of carbonyl (C=O) groups excluding carboxylic acids is 3. The lowest BCUT2D eigenvalue weighted by molar-refractivity contribution is -0.131. The first-order valence-electron chi connectivity index (χ1n) is 9.99. The number of urea groups is 1. The minimum Gasteiger partial charge on any atom is -0.497 e. The zero-order valence-electron chi connectivity index (χ0n) is 17.6. The van der Waals surface area contributed by atoms with Gasteiger partial charge in [0.2, 0.25) is 5.91 Å². The van der Waals surface area contributed by atoms with Gasteiger partial charge < -0.3 is 4.74 Å². The molecule has 1 atom stereocenters. The predicted octanol–water partition coefficient (Wildman–Crippen LogP) is 4.71. The maximum atomic E-state index is 12.9. The van der Waals surface area contributed by atoms with E-state index in [0.717, 1.165) is 10.6 Å². The summed E-state index contributed by atoms with van der Waals surface area (Å²) in [4.78, 5) is 42.7. The van der Waals surface area contributed by atoms with Gasteiger partial charge in [0.05, 0.1) is 29.9 Å². The Balaban J connectivity index is 1.49. The molecule has 164 valence electrons. The lowest BCUT2D eigenvalue weighted by Crippen LogP contribution is -2.58. The van der Waals surface area contributed by atoms with Crippen LogP contribution in [0.5, 0.6) is 5.75 Å². The van der Waals surface area contributed by atoms with Crippen LogP contribution in [0.1, 0.15) is 0 Å². The third-order valence-electron chi connectivity index (χ3n) is 4.77. The molecule has 1 heterocycles. The lowest BCUT2D eigenvalue weighted by Gasteiger charge is -2.28. The Labute approximate surface area is 189 Å². The Morgan fingerprint density at radius 1 is 0.848 bits per heavy atom. The van der Waals surface area contributed by atoms with Crippen LogP contribution in [0.3, 0.4) is 0 Å². The molecule has 1 saturated heterocycles. The smallest absolute Gasteiger partial charge is 0.335 e. The molecule has 33 heavy (non-hydrogen) atoms. The minimum atomic E-state index is -1.26. The van der Waals surface area contributed by atoms with E-state index in [9.17, 15) is 14.4 Å². The monoisotopic (exact) mass is 441 g/mol. The Morgan fingerprint density at radius 2 is 1.52 bits per heavy atom. The molecular formula is C24H19N5O4. The minimum absolute atomic E-state index is 0.288. The Kier molecular flexibility index (Phi) is 6.31. The van der Waals surface area contributed by atoms with Crippen molar-refractivity contribution in [2.45, 2.75) is 0 Å². The molecule has 9 heteroatoms. The van der Waals surface area contributed by atoms with Crippen molar-refractivity contribution in [3.8, 4) is 5.75 Å². The van der Waals surface area contributed by atoms with Gasteiger partial charge in [-0.25, -0.2) is 9.69 Å². The van der Waals surface area contributed by atoms with Crippen molar-refractivity contribution in [3.05, 3.63) is 78.9 Å². The van der Waals surface area contributed by atoms with Gasteiger partial charge in [0.1, 0.15) is 5.75 Å². The molecule has 3 aromatic rings. The van der Waals surface area contributed by atoms with Gasteiger partial charge in [0.15, 0.2) is 5.92 Å². The summed E-state index contributed by atoms with van der Waals surface area (Å²) in [5.41, 5.74) is 2.16. The summed E-state index contributed by atoms with van der Waals surface area (Å²) in [5, 5.41) is 10.5. The molecule has 9 nitrogen and oxygen atoms in total. The van der Waals surface area contributed by atoms with Crippen LogP contribution in [0.15, 0.2) is 94.1 Å². The SMILES string of the molecule is COc1cccc(N2C(=O)NC(=O)[C@@H](C=Nc3ccc(N=Nc4ccccc4)cc3)C2=O)c1. The Morgan fingerprint density at radius 3 is 2.21 bits per heavy atom. The molecule has 1 aliphatic heterocycles. The molecule has 4 rings (SSSR count). The first kappa shape index (κ1) is 21.6. The maximum absolute atomic E-state index is 12.9. The van der Waals surface area contributed by atoms with E-state index in [0.29, 0.717) is 17.1 Å². The number of rotatable bonds is 6. The fourth-order valence-electron chi connectivity index (χ4n) is 3.09. The Hall–Kier alpha value is -4.66. The van der Waals surface area contributed by atoms with Gasteiger partial charge in [-0.1, -0.05) is 24.3 Å². The summed E-state index contributed by atoms with van der Waals surface area (Å²) in [6, 6.07) is 21.7. The Bertz CT molecular complexity index is 1240. The van der Waals surface area contributed by atoms with Crippen molar-refractivity contribution in [3.63, 3.8) is 0 Å². The van der Waals surface area contributed by atoms with Crippen molar-refractivity contribution < 1.29 is 19.1 Å². The molecule has 1 aliphatic rings. The zero-order valence-corrected chi connectivity index (χ0v) is 17.6. The van der Waals surface area contributed by atoms with E-state index in [1.165, 1.54) is 19.4 Å². The summed E-state index contributed by atoms with van der Waals surface area (Å²) >= 11 is 0.